The molecule has 0 saturated heterocycles. The molecule has 0 spiro atoms. The van der Waals surface area contributed by atoms with Crippen LogP contribution in [0.5, 0.6) is 5.88 Å². The van der Waals surface area contributed by atoms with Gasteiger partial charge in [-0.25, -0.2) is 0 Å². The van der Waals surface area contributed by atoms with Crippen molar-refractivity contribution in [3.05, 3.63) is 24.3 Å². The van der Waals surface area contributed by atoms with E-state index in [0.717, 1.165) is 10.9 Å². The molecule has 0 unspecified atom stereocenters. The molecule has 0 atom stereocenters. The first kappa shape index (κ1) is 8.74. The van der Waals surface area contributed by atoms with Crippen molar-refractivity contribution in [2.45, 2.75) is 6.92 Å². The molecule has 0 bridgehead atoms. The molecule has 0 amide bonds. The Hall–Kier alpha value is -1.84. The molecule has 4 nitrogen and oxygen atoms in total. The highest BCUT2D eigenvalue weighted by Crippen LogP contribution is 2.34. The van der Waals surface area contributed by atoms with Gasteiger partial charge in [-0.05, 0) is 13.0 Å². The molecular formula is C10H11N3O. The molecule has 0 saturated carbocycles. The summed E-state index contributed by atoms with van der Waals surface area (Å²) in [7, 11) is 0. The zero-order valence-corrected chi connectivity index (χ0v) is 7.86. The number of H-pyrrole nitrogens is 1. The van der Waals surface area contributed by atoms with Crippen molar-refractivity contribution in [2.24, 2.45) is 10.2 Å². The first-order chi connectivity index (χ1) is 6.83. The number of nitrogens with zero attached hydrogens (tertiary/aromatic N) is 2. The minimum absolute atomic E-state index is 0.0726. The summed E-state index contributed by atoms with van der Waals surface area (Å²) in [6.07, 6.45) is 0. The summed E-state index contributed by atoms with van der Waals surface area (Å²) in [6, 6.07) is 7.59. The van der Waals surface area contributed by atoms with Crippen LogP contribution in [0.3, 0.4) is 0 Å². The number of hydrogen-bond acceptors (Lipinski definition) is 3. The van der Waals surface area contributed by atoms with Crippen LogP contribution in [-0.2, 0) is 0 Å². The van der Waals surface area contributed by atoms with Crippen molar-refractivity contribution in [2.75, 3.05) is 6.54 Å². The molecule has 4 heteroatoms. The van der Waals surface area contributed by atoms with Gasteiger partial charge in [0.1, 0.15) is 0 Å². The van der Waals surface area contributed by atoms with Gasteiger partial charge in [-0.1, -0.05) is 18.2 Å². The second-order valence-corrected chi connectivity index (χ2v) is 2.93. The fraction of sp³-hybridized carbons (Fsp3) is 0.200. The molecule has 2 N–H and O–H groups in total. The molecule has 2 aromatic rings. The minimum atomic E-state index is 0.0726. The maximum Gasteiger partial charge on any atom is 0.218 e. The van der Waals surface area contributed by atoms with E-state index in [9.17, 15) is 5.11 Å². The molecule has 1 aromatic heterocycles. The predicted molar refractivity (Wildman–Crippen MR) is 55.0 cm³/mol. The van der Waals surface area contributed by atoms with E-state index in [-0.39, 0.29) is 5.88 Å². The third kappa shape index (κ3) is 1.35. The van der Waals surface area contributed by atoms with Crippen LogP contribution in [0.15, 0.2) is 34.5 Å². The van der Waals surface area contributed by atoms with E-state index in [1.54, 1.807) is 0 Å². The molecule has 2 rings (SSSR count). The quantitative estimate of drug-likeness (QED) is 0.701. The lowest BCUT2D eigenvalue weighted by Gasteiger charge is -1.89. The number of hydrogen-bond donors (Lipinski definition) is 2. The number of nitrogens with one attached hydrogen (secondary N) is 1. The summed E-state index contributed by atoms with van der Waals surface area (Å²) in [6.45, 7) is 2.51. The average Bonchev–Trinajstić information content (AvgIpc) is 2.51. The zero-order valence-electron chi connectivity index (χ0n) is 7.86. The Morgan fingerprint density at radius 2 is 2.14 bits per heavy atom. The third-order valence-electron chi connectivity index (χ3n) is 1.97. The molecule has 0 aliphatic carbocycles. The molecule has 1 aromatic carbocycles. The van der Waals surface area contributed by atoms with E-state index >= 15 is 0 Å². The monoisotopic (exact) mass is 189 g/mol. The number of aromatic amines is 1. The normalized spacial score (nSPS) is 11.5. The van der Waals surface area contributed by atoms with Gasteiger partial charge in [0.05, 0.1) is 12.1 Å². The van der Waals surface area contributed by atoms with E-state index in [1.165, 1.54) is 0 Å². The Morgan fingerprint density at radius 3 is 2.93 bits per heavy atom. The van der Waals surface area contributed by atoms with Gasteiger partial charge >= 0.3 is 0 Å². The second kappa shape index (κ2) is 3.49. The van der Waals surface area contributed by atoms with E-state index in [0.29, 0.717) is 12.2 Å². The lowest BCUT2D eigenvalue weighted by molar-refractivity contribution is 0.459. The topological polar surface area (TPSA) is 60.7 Å². The van der Waals surface area contributed by atoms with Gasteiger partial charge in [-0.3, -0.25) is 0 Å². The maximum atomic E-state index is 9.55. The van der Waals surface area contributed by atoms with Crippen LogP contribution in [0, 0.1) is 0 Å². The molecule has 0 radical (unpaired) electrons. The van der Waals surface area contributed by atoms with Crippen LogP contribution >= 0.6 is 0 Å². The van der Waals surface area contributed by atoms with E-state index < -0.39 is 0 Å². The van der Waals surface area contributed by atoms with E-state index in [2.05, 4.69) is 15.2 Å². The molecule has 1 heterocycles. The highest BCUT2D eigenvalue weighted by Gasteiger charge is 2.08. The van der Waals surface area contributed by atoms with Crippen molar-refractivity contribution < 1.29 is 5.11 Å². The predicted octanol–water partition coefficient (Wildman–Crippen LogP) is 2.98. The number of azo groups is 1. The van der Waals surface area contributed by atoms with Crippen molar-refractivity contribution >= 4 is 16.6 Å². The highest BCUT2D eigenvalue weighted by atomic mass is 16.3. The fourth-order valence-electron chi connectivity index (χ4n) is 1.36. The van der Waals surface area contributed by atoms with Gasteiger partial charge < -0.3 is 10.1 Å². The first-order valence-electron chi connectivity index (χ1n) is 4.50. The van der Waals surface area contributed by atoms with Gasteiger partial charge in [-0.2, -0.15) is 5.11 Å². The largest absolute Gasteiger partial charge is 0.493 e. The Balaban J connectivity index is 2.62. The van der Waals surface area contributed by atoms with Gasteiger partial charge in [0, 0.05) is 5.39 Å². The van der Waals surface area contributed by atoms with Crippen molar-refractivity contribution in [1.82, 2.24) is 4.98 Å². The molecular weight excluding hydrogens is 178 g/mol. The Kier molecular flexibility index (Phi) is 2.18. The van der Waals surface area contributed by atoms with Crippen LogP contribution in [0.2, 0.25) is 0 Å². The maximum absolute atomic E-state index is 9.55. The molecule has 72 valence electrons. The van der Waals surface area contributed by atoms with E-state index in [4.69, 9.17) is 0 Å². The SMILES string of the molecule is CCN=Nc1c(O)[nH]c2ccccc12. The Labute approximate surface area is 81.3 Å². The number of benzene rings is 1. The minimum Gasteiger partial charge on any atom is -0.493 e. The number of aromatic hydroxyl groups is 1. The lowest BCUT2D eigenvalue weighted by atomic mass is 10.2. The number of rotatable bonds is 2. The van der Waals surface area contributed by atoms with Crippen molar-refractivity contribution in [3.63, 3.8) is 0 Å². The van der Waals surface area contributed by atoms with Crippen molar-refractivity contribution in [3.8, 4) is 5.88 Å². The summed E-state index contributed by atoms with van der Waals surface area (Å²) >= 11 is 0. The van der Waals surface area contributed by atoms with Crippen LogP contribution in [-0.4, -0.2) is 16.6 Å². The molecule has 0 aliphatic heterocycles. The van der Waals surface area contributed by atoms with Crippen LogP contribution in [0.4, 0.5) is 5.69 Å². The number of para-hydroxylation sites is 1. The number of fused-ring (bicyclic) bond motifs is 1. The fourth-order valence-corrected chi connectivity index (χ4v) is 1.36. The zero-order chi connectivity index (χ0) is 9.97. The highest BCUT2D eigenvalue weighted by molar-refractivity contribution is 5.93. The molecule has 0 aliphatic rings. The molecule has 0 fully saturated rings. The van der Waals surface area contributed by atoms with Gasteiger partial charge in [0.2, 0.25) is 5.88 Å². The number of aromatic nitrogens is 1. The summed E-state index contributed by atoms with van der Waals surface area (Å²) in [5, 5.41) is 18.3. The summed E-state index contributed by atoms with van der Waals surface area (Å²) in [5.41, 5.74) is 1.39. The van der Waals surface area contributed by atoms with Crippen molar-refractivity contribution in [1.29, 1.82) is 0 Å². The molecule has 14 heavy (non-hydrogen) atoms. The standard InChI is InChI=1S/C10H11N3O/c1-2-11-13-9-7-5-3-4-6-8(7)12-10(9)14/h3-6,12,14H,2H2,1H3. The van der Waals surface area contributed by atoms with Gasteiger partial charge in [0.15, 0.2) is 5.69 Å². The van der Waals surface area contributed by atoms with Crippen LogP contribution in [0.1, 0.15) is 6.92 Å². The summed E-state index contributed by atoms with van der Waals surface area (Å²) in [5.74, 6) is 0.0726. The third-order valence-corrected chi connectivity index (χ3v) is 1.97. The van der Waals surface area contributed by atoms with Gasteiger partial charge in [0.25, 0.3) is 0 Å². The Morgan fingerprint density at radius 1 is 1.36 bits per heavy atom. The van der Waals surface area contributed by atoms with Gasteiger partial charge in [-0.15, -0.1) is 5.11 Å². The smallest absolute Gasteiger partial charge is 0.218 e. The van der Waals surface area contributed by atoms with E-state index in [1.807, 2.05) is 31.2 Å². The average molecular weight is 189 g/mol. The lowest BCUT2D eigenvalue weighted by Crippen LogP contribution is -1.65. The summed E-state index contributed by atoms with van der Waals surface area (Å²) in [4.78, 5) is 2.84. The summed E-state index contributed by atoms with van der Waals surface area (Å²) < 4.78 is 0. The Bertz CT molecular complexity index is 473. The van der Waals surface area contributed by atoms with Crippen LogP contribution < -0.4 is 0 Å². The van der Waals surface area contributed by atoms with Crippen LogP contribution in [0.25, 0.3) is 10.9 Å². The second-order valence-electron chi connectivity index (χ2n) is 2.93. The first-order valence-corrected chi connectivity index (χ1v) is 4.50.